The standard InChI is InChI=1S/C22H20N4O3/c1-28-18-10-6-5-9-15(18)20-19-16(23-21-22(24-20)26-29-25-21)11-14(12-17(19)27)13-7-3-2-4-8-13/h2-10,14,20H,11-12H2,1H3,(H,23,25)(H,24,26)/t14-,20+/m0/s1. The monoisotopic (exact) mass is 388 g/mol. The smallest absolute Gasteiger partial charge is 0.219 e. The SMILES string of the molecule is COc1ccccc1[C@H]1Nc2nonc2NC2=C1C(=O)C[C@@H](c1ccccc1)C2. The molecule has 0 bridgehead atoms. The van der Waals surface area contributed by atoms with Gasteiger partial charge < -0.3 is 15.4 Å². The number of hydrogen-bond acceptors (Lipinski definition) is 7. The molecule has 1 aliphatic heterocycles. The van der Waals surface area contributed by atoms with E-state index in [4.69, 9.17) is 9.37 Å². The minimum absolute atomic E-state index is 0.0955. The van der Waals surface area contributed by atoms with E-state index in [0.717, 1.165) is 16.8 Å². The molecule has 0 spiro atoms. The number of ketones is 1. The number of methoxy groups -OCH3 is 1. The molecule has 1 aliphatic carbocycles. The van der Waals surface area contributed by atoms with Gasteiger partial charge in [-0.15, -0.1) is 0 Å². The van der Waals surface area contributed by atoms with E-state index in [1.165, 1.54) is 0 Å². The van der Waals surface area contributed by atoms with Crippen LogP contribution in [-0.4, -0.2) is 23.2 Å². The number of ether oxygens (including phenoxy) is 1. The largest absolute Gasteiger partial charge is 0.496 e. The average Bonchev–Trinajstić information content (AvgIpc) is 3.13. The van der Waals surface area contributed by atoms with Crippen molar-refractivity contribution < 1.29 is 14.2 Å². The minimum Gasteiger partial charge on any atom is -0.496 e. The van der Waals surface area contributed by atoms with Gasteiger partial charge in [-0.1, -0.05) is 48.5 Å². The highest BCUT2D eigenvalue weighted by molar-refractivity contribution is 6.01. The van der Waals surface area contributed by atoms with Crippen LogP contribution in [0.2, 0.25) is 0 Å². The molecular weight excluding hydrogens is 368 g/mol. The van der Waals surface area contributed by atoms with E-state index in [2.05, 4.69) is 33.1 Å². The molecule has 5 rings (SSSR count). The van der Waals surface area contributed by atoms with E-state index in [-0.39, 0.29) is 11.7 Å². The maximum absolute atomic E-state index is 13.4. The Hall–Kier alpha value is -3.61. The summed E-state index contributed by atoms with van der Waals surface area (Å²) in [4.78, 5) is 13.4. The van der Waals surface area contributed by atoms with Crippen LogP contribution in [0.5, 0.6) is 5.75 Å². The highest BCUT2D eigenvalue weighted by Crippen LogP contribution is 2.44. The van der Waals surface area contributed by atoms with Gasteiger partial charge in [0.1, 0.15) is 5.75 Å². The zero-order valence-electron chi connectivity index (χ0n) is 15.9. The molecule has 7 nitrogen and oxygen atoms in total. The molecular formula is C22H20N4O3. The summed E-state index contributed by atoms with van der Waals surface area (Å²) >= 11 is 0. The normalized spacial score (nSPS) is 20.8. The Bertz CT molecular complexity index is 1090. The van der Waals surface area contributed by atoms with Gasteiger partial charge in [0.25, 0.3) is 0 Å². The summed E-state index contributed by atoms with van der Waals surface area (Å²) in [6.45, 7) is 0. The molecule has 0 unspecified atom stereocenters. The van der Waals surface area contributed by atoms with Gasteiger partial charge in [0.05, 0.1) is 13.2 Å². The quantitative estimate of drug-likeness (QED) is 0.699. The van der Waals surface area contributed by atoms with Gasteiger partial charge in [-0.25, -0.2) is 4.63 Å². The highest BCUT2D eigenvalue weighted by atomic mass is 16.6. The topological polar surface area (TPSA) is 89.3 Å². The van der Waals surface area contributed by atoms with Crippen molar-refractivity contribution in [2.45, 2.75) is 24.8 Å². The predicted molar refractivity (Wildman–Crippen MR) is 108 cm³/mol. The van der Waals surface area contributed by atoms with E-state index in [9.17, 15) is 4.79 Å². The Labute approximate surface area is 167 Å². The summed E-state index contributed by atoms with van der Waals surface area (Å²) in [5, 5.41) is 14.6. The number of anilines is 2. The number of carbonyl (C=O) groups excluding carboxylic acids is 1. The molecule has 0 amide bonds. The van der Waals surface area contributed by atoms with Crippen molar-refractivity contribution in [2.75, 3.05) is 17.7 Å². The Morgan fingerprint density at radius 2 is 1.76 bits per heavy atom. The number of carbonyl (C=O) groups is 1. The lowest BCUT2D eigenvalue weighted by atomic mass is 9.78. The summed E-state index contributed by atoms with van der Waals surface area (Å²) in [7, 11) is 1.63. The fourth-order valence-electron chi connectivity index (χ4n) is 4.20. The van der Waals surface area contributed by atoms with Gasteiger partial charge in [-0.2, -0.15) is 0 Å². The van der Waals surface area contributed by atoms with Crippen molar-refractivity contribution in [1.82, 2.24) is 10.3 Å². The molecule has 7 heteroatoms. The number of benzene rings is 2. The number of para-hydroxylation sites is 1. The van der Waals surface area contributed by atoms with Crippen LogP contribution in [0, 0.1) is 0 Å². The van der Waals surface area contributed by atoms with E-state index in [1.807, 2.05) is 42.5 Å². The second kappa shape index (κ2) is 7.09. The molecule has 2 aromatic carbocycles. The number of allylic oxidation sites excluding steroid dienone is 1. The number of aromatic nitrogens is 2. The number of hydrogen-bond donors (Lipinski definition) is 2. The van der Waals surface area contributed by atoms with Crippen LogP contribution >= 0.6 is 0 Å². The molecule has 0 radical (unpaired) electrons. The number of fused-ring (bicyclic) bond motifs is 1. The van der Waals surface area contributed by atoms with Gasteiger partial charge in [0.15, 0.2) is 5.78 Å². The molecule has 3 aromatic rings. The third-order valence-electron chi connectivity index (χ3n) is 5.56. The minimum atomic E-state index is -0.411. The molecule has 1 aromatic heterocycles. The van der Waals surface area contributed by atoms with Crippen LogP contribution in [0.1, 0.15) is 35.9 Å². The number of rotatable bonds is 3. The fraction of sp³-hybridized carbons (Fsp3) is 0.227. The third kappa shape index (κ3) is 3.04. The van der Waals surface area contributed by atoms with Crippen LogP contribution in [-0.2, 0) is 4.79 Å². The van der Waals surface area contributed by atoms with Crippen LogP contribution < -0.4 is 15.4 Å². The molecule has 2 N–H and O–H groups in total. The Balaban J connectivity index is 1.63. The third-order valence-corrected chi connectivity index (χ3v) is 5.56. The van der Waals surface area contributed by atoms with Crippen LogP contribution in [0.3, 0.4) is 0 Å². The lowest BCUT2D eigenvalue weighted by molar-refractivity contribution is -0.116. The maximum atomic E-state index is 13.4. The van der Waals surface area contributed by atoms with Gasteiger partial charge in [-0.05, 0) is 34.3 Å². The van der Waals surface area contributed by atoms with Crippen molar-refractivity contribution in [1.29, 1.82) is 0 Å². The second-order valence-corrected chi connectivity index (χ2v) is 7.24. The van der Waals surface area contributed by atoms with Gasteiger partial charge in [0, 0.05) is 23.3 Å². The van der Waals surface area contributed by atoms with Crippen molar-refractivity contribution >= 4 is 17.4 Å². The Morgan fingerprint density at radius 1 is 1.00 bits per heavy atom. The van der Waals surface area contributed by atoms with Gasteiger partial charge in [0.2, 0.25) is 11.6 Å². The van der Waals surface area contributed by atoms with Gasteiger partial charge >= 0.3 is 0 Å². The summed E-state index contributed by atoms with van der Waals surface area (Å²) in [5.74, 6) is 1.86. The van der Waals surface area contributed by atoms with Crippen LogP contribution in [0.15, 0.2) is 70.5 Å². The summed E-state index contributed by atoms with van der Waals surface area (Å²) < 4.78 is 10.5. The van der Waals surface area contributed by atoms with Crippen LogP contribution in [0.4, 0.5) is 11.6 Å². The first kappa shape index (κ1) is 17.5. The van der Waals surface area contributed by atoms with E-state index in [0.29, 0.717) is 35.8 Å². The number of nitrogens with one attached hydrogen (secondary N) is 2. The van der Waals surface area contributed by atoms with Crippen molar-refractivity contribution in [3.8, 4) is 5.75 Å². The van der Waals surface area contributed by atoms with E-state index < -0.39 is 6.04 Å². The zero-order valence-corrected chi connectivity index (χ0v) is 15.9. The molecule has 0 saturated heterocycles. The first-order valence-corrected chi connectivity index (χ1v) is 9.55. The zero-order chi connectivity index (χ0) is 19.8. The molecule has 146 valence electrons. The molecule has 0 saturated carbocycles. The summed E-state index contributed by atoms with van der Waals surface area (Å²) in [5.41, 5.74) is 3.56. The molecule has 2 heterocycles. The van der Waals surface area contributed by atoms with Crippen molar-refractivity contribution in [3.63, 3.8) is 0 Å². The van der Waals surface area contributed by atoms with Gasteiger partial charge in [-0.3, -0.25) is 4.79 Å². The van der Waals surface area contributed by atoms with E-state index in [1.54, 1.807) is 7.11 Å². The number of Topliss-reactive ketones (excluding diaryl/α,β-unsaturated/α-hetero) is 1. The number of nitrogens with zero attached hydrogens (tertiary/aromatic N) is 2. The Morgan fingerprint density at radius 3 is 2.59 bits per heavy atom. The molecule has 29 heavy (non-hydrogen) atoms. The second-order valence-electron chi connectivity index (χ2n) is 7.24. The first-order valence-electron chi connectivity index (χ1n) is 9.55. The van der Waals surface area contributed by atoms with Crippen molar-refractivity contribution in [2.24, 2.45) is 0 Å². The predicted octanol–water partition coefficient (Wildman–Crippen LogP) is 4.06. The Kier molecular flexibility index (Phi) is 4.27. The lowest BCUT2D eigenvalue weighted by Gasteiger charge is -2.30. The fourth-order valence-corrected chi connectivity index (χ4v) is 4.20. The van der Waals surface area contributed by atoms with E-state index >= 15 is 0 Å². The molecule has 2 atom stereocenters. The molecule has 0 fully saturated rings. The lowest BCUT2D eigenvalue weighted by Crippen LogP contribution is -2.27. The maximum Gasteiger partial charge on any atom is 0.219 e. The summed E-state index contributed by atoms with van der Waals surface area (Å²) in [6.07, 6.45) is 1.15. The first-order chi connectivity index (χ1) is 14.2. The summed E-state index contributed by atoms with van der Waals surface area (Å²) in [6, 6.07) is 17.4. The molecule has 2 aliphatic rings. The van der Waals surface area contributed by atoms with Crippen LogP contribution in [0.25, 0.3) is 0 Å². The average molecular weight is 388 g/mol. The highest BCUT2D eigenvalue weighted by Gasteiger charge is 2.38. The van der Waals surface area contributed by atoms with Crippen molar-refractivity contribution in [3.05, 3.63) is 77.0 Å².